The monoisotopic (exact) mass is 185 g/mol. The molecule has 1 aromatic rings. The normalized spacial score (nSPS) is 15.4. The van der Waals surface area contributed by atoms with Gasteiger partial charge in [-0.05, 0) is 36.5 Å². The third kappa shape index (κ3) is 1.77. The topological polar surface area (TPSA) is 12.9 Å². The maximum atomic E-state index is 4.47. The summed E-state index contributed by atoms with van der Waals surface area (Å²) >= 11 is 0. The minimum atomic E-state index is 1.06. The van der Waals surface area contributed by atoms with Crippen LogP contribution in [-0.4, -0.2) is 4.98 Å². The molecule has 0 aromatic carbocycles. The molecular formula is C13H15N. The Bertz CT molecular complexity index is 375. The van der Waals surface area contributed by atoms with Gasteiger partial charge in [-0.3, -0.25) is 4.98 Å². The number of allylic oxidation sites excluding steroid dienone is 4. The van der Waals surface area contributed by atoms with E-state index in [1.807, 2.05) is 12.3 Å². The Balaban J connectivity index is 2.39. The van der Waals surface area contributed by atoms with E-state index in [-0.39, 0.29) is 0 Å². The third-order valence-electron chi connectivity index (χ3n) is 2.59. The molecule has 72 valence electrons. The van der Waals surface area contributed by atoms with E-state index < -0.39 is 0 Å². The van der Waals surface area contributed by atoms with E-state index in [1.165, 1.54) is 16.8 Å². The van der Waals surface area contributed by atoms with Crippen LogP contribution >= 0.6 is 0 Å². The quantitative estimate of drug-likeness (QED) is 0.688. The van der Waals surface area contributed by atoms with Gasteiger partial charge in [0.25, 0.3) is 0 Å². The fourth-order valence-electron chi connectivity index (χ4n) is 1.81. The number of pyridine rings is 1. The molecule has 1 nitrogen and oxygen atoms in total. The first-order valence-corrected chi connectivity index (χ1v) is 5.21. The standard InChI is InChI=1S/C13H15N/c1-2-11-9-6-10-14-13(11)12-7-4-3-5-8-12/h3-4,6-7,9-10H,2,5,8H2,1H3. The van der Waals surface area contributed by atoms with Crippen molar-refractivity contribution >= 4 is 5.57 Å². The van der Waals surface area contributed by atoms with Crippen molar-refractivity contribution in [1.82, 2.24) is 4.98 Å². The maximum absolute atomic E-state index is 4.47. The van der Waals surface area contributed by atoms with E-state index in [0.29, 0.717) is 0 Å². The second-order valence-electron chi connectivity index (χ2n) is 3.52. The van der Waals surface area contributed by atoms with E-state index in [9.17, 15) is 0 Å². The highest BCUT2D eigenvalue weighted by atomic mass is 14.7. The number of aryl methyl sites for hydroxylation is 1. The van der Waals surface area contributed by atoms with Crippen LogP contribution in [0.15, 0.2) is 36.6 Å². The molecule has 1 aliphatic rings. The fourth-order valence-corrected chi connectivity index (χ4v) is 1.81. The van der Waals surface area contributed by atoms with Crippen LogP contribution in [0, 0.1) is 0 Å². The fraction of sp³-hybridized carbons (Fsp3) is 0.308. The molecule has 0 atom stereocenters. The Hall–Kier alpha value is -1.37. The van der Waals surface area contributed by atoms with Crippen LogP contribution in [0.2, 0.25) is 0 Å². The van der Waals surface area contributed by atoms with Gasteiger partial charge in [0.05, 0.1) is 5.69 Å². The molecule has 0 unspecified atom stereocenters. The van der Waals surface area contributed by atoms with Crippen LogP contribution in [0.4, 0.5) is 0 Å². The summed E-state index contributed by atoms with van der Waals surface area (Å²) in [5.41, 5.74) is 3.93. The second-order valence-corrected chi connectivity index (χ2v) is 3.52. The summed E-state index contributed by atoms with van der Waals surface area (Å²) in [5.74, 6) is 0. The number of hydrogen-bond acceptors (Lipinski definition) is 1. The molecule has 0 fully saturated rings. The zero-order chi connectivity index (χ0) is 9.80. The van der Waals surface area contributed by atoms with Gasteiger partial charge in [0, 0.05) is 6.20 Å². The van der Waals surface area contributed by atoms with Crippen molar-refractivity contribution in [3.63, 3.8) is 0 Å². The first kappa shape index (κ1) is 9.20. The van der Waals surface area contributed by atoms with Crippen LogP contribution in [0.3, 0.4) is 0 Å². The molecule has 0 spiro atoms. The summed E-state index contributed by atoms with van der Waals surface area (Å²) in [6, 6.07) is 4.18. The number of aromatic nitrogens is 1. The summed E-state index contributed by atoms with van der Waals surface area (Å²) in [5, 5.41) is 0. The zero-order valence-electron chi connectivity index (χ0n) is 8.53. The van der Waals surface area contributed by atoms with E-state index in [1.54, 1.807) is 0 Å². The average Bonchev–Trinajstić information content (AvgIpc) is 2.30. The zero-order valence-corrected chi connectivity index (χ0v) is 8.53. The average molecular weight is 185 g/mol. The van der Waals surface area contributed by atoms with Gasteiger partial charge >= 0.3 is 0 Å². The lowest BCUT2D eigenvalue weighted by Gasteiger charge is -2.11. The predicted octanol–water partition coefficient (Wildman–Crippen LogP) is 3.38. The Morgan fingerprint density at radius 1 is 1.43 bits per heavy atom. The van der Waals surface area contributed by atoms with E-state index in [2.05, 4.69) is 36.2 Å². The highest BCUT2D eigenvalue weighted by Crippen LogP contribution is 2.24. The molecule has 1 heterocycles. The third-order valence-corrected chi connectivity index (χ3v) is 2.59. The Labute approximate surface area is 85.2 Å². The van der Waals surface area contributed by atoms with Gasteiger partial charge in [0.15, 0.2) is 0 Å². The van der Waals surface area contributed by atoms with Gasteiger partial charge < -0.3 is 0 Å². The van der Waals surface area contributed by atoms with Gasteiger partial charge in [-0.2, -0.15) is 0 Å². The smallest absolute Gasteiger partial charge is 0.0693 e. The SMILES string of the molecule is CCc1cccnc1C1=CC=CCC1. The molecule has 0 N–H and O–H groups in total. The van der Waals surface area contributed by atoms with E-state index >= 15 is 0 Å². The van der Waals surface area contributed by atoms with Crippen molar-refractivity contribution in [2.45, 2.75) is 26.2 Å². The number of rotatable bonds is 2. The molecular weight excluding hydrogens is 170 g/mol. The van der Waals surface area contributed by atoms with E-state index in [0.717, 1.165) is 19.3 Å². The molecule has 0 saturated heterocycles. The molecule has 0 aliphatic heterocycles. The summed E-state index contributed by atoms with van der Waals surface area (Å²) in [6.07, 6.45) is 11.7. The Morgan fingerprint density at radius 3 is 3.07 bits per heavy atom. The number of nitrogens with zero attached hydrogens (tertiary/aromatic N) is 1. The molecule has 1 aliphatic carbocycles. The van der Waals surface area contributed by atoms with Crippen LogP contribution in [-0.2, 0) is 6.42 Å². The summed E-state index contributed by atoms with van der Waals surface area (Å²) < 4.78 is 0. The van der Waals surface area contributed by atoms with Crippen molar-refractivity contribution in [1.29, 1.82) is 0 Å². The van der Waals surface area contributed by atoms with Crippen LogP contribution in [0.1, 0.15) is 31.0 Å². The molecule has 0 saturated carbocycles. The van der Waals surface area contributed by atoms with Crippen LogP contribution < -0.4 is 0 Å². The summed E-state index contributed by atoms with van der Waals surface area (Å²) in [6.45, 7) is 2.18. The van der Waals surface area contributed by atoms with Gasteiger partial charge in [-0.1, -0.05) is 31.2 Å². The predicted molar refractivity (Wildman–Crippen MR) is 60.0 cm³/mol. The molecule has 1 heteroatoms. The molecule has 0 radical (unpaired) electrons. The minimum Gasteiger partial charge on any atom is -0.256 e. The number of hydrogen-bond donors (Lipinski definition) is 0. The Morgan fingerprint density at radius 2 is 2.36 bits per heavy atom. The van der Waals surface area contributed by atoms with Crippen molar-refractivity contribution in [2.24, 2.45) is 0 Å². The lowest BCUT2D eigenvalue weighted by molar-refractivity contribution is 1.01. The highest BCUT2D eigenvalue weighted by molar-refractivity contribution is 5.67. The molecule has 14 heavy (non-hydrogen) atoms. The summed E-state index contributed by atoms with van der Waals surface area (Å²) in [7, 11) is 0. The lowest BCUT2D eigenvalue weighted by Crippen LogP contribution is -1.97. The summed E-state index contributed by atoms with van der Waals surface area (Å²) in [4.78, 5) is 4.47. The van der Waals surface area contributed by atoms with Crippen LogP contribution in [0.5, 0.6) is 0 Å². The largest absolute Gasteiger partial charge is 0.256 e. The molecule has 0 bridgehead atoms. The van der Waals surface area contributed by atoms with Crippen molar-refractivity contribution in [3.05, 3.63) is 47.8 Å². The first-order valence-electron chi connectivity index (χ1n) is 5.21. The minimum absolute atomic E-state index is 1.06. The van der Waals surface area contributed by atoms with Crippen molar-refractivity contribution < 1.29 is 0 Å². The van der Waals surface area contributed by atoms with Gasteiger partial charge in [0.1, 0.15) is 0 Å². The first-order chi connectivity index (χ1) is 6.92. The van der Waals surface area contributed by atoms with Crippen LogP contribution in [0.25, 0.3) is 5.57 Å². The van der Waals surface area contributed by atoms with Gasteiger partial charge in [0.2, 0.25) is 0 Å². The maximum Gasteiger partial charge on any atom is 0.0693 e. The van der Waals surface area contributed by atoms with E-state index in [4.69, 9.17) is 0 Å². The molecule has 2 rings (SSSR count). The molecule has 1 aromatic heterocycles. The highest BCUT2D eigenvalue weighted by Gasteiger charge is 2.07. The Kier molecular flexibility index (Phi) is 2.78. The van der Waals surface area contributed by atoms with Gasteiger partial charge in [-0.15, -0.1) is 0 Å². The van der Waals surface area contributed by atoms with Crippen molar-refractivity contribution in [3.8, 4) is 0 Å². The van der Waals surface area contributed by atoms with Gasteiger partial charge in [-0.25, -0.2) is 0 Å². The lowest BCUT2D eigenvalue weighted by atomic mass is 9.97. The van der Waals surface area contributed by atoms with Crippen molar-refractivity contribution in [2.75, 3.05) is 0 Å². The molecule has 0 amide bonds. The second kappa shape index (κ2) is 4.23.